The molecule has 7 heteroatoms. The fraction of sp³-hybridized carbons (Fsp3) is 0.455. The van der Waals surface area contributed by atoms with E-state index >= 15 is 0 Å². The van der Waals surface area contributed by atoms with Crippen molar-refractivity contribution in [3.63, 3.8) is 0 Å². The van der Waals surface area contributed by atoms with E-state index in [9.17, 15) is 0 Å². The first-order valence-corrected chi connectivity index (χ1v) is 5.84. The summed E-state index contributed by atoms with van der Waals surface area (Å²) in [6.07, 6.45) is 2.66. The van der Waals surface area contributed by atoms with Gasteiger partial charge in [-0.3, -0.25) is 4.68 Å². The van der Waals surface area contributed by atoms with Crippen molar-refractivity contribution in [3.8, 4) is 11.9 Å². The van der Waals surface area contributed by atoms with Gasteiger partial charge in [0.1, 0.15) is 6.33 Å². The molecule has 7 nitrogen and oxygen atoms in total. The highest BCUT2D eigenvalue weighted by Crippen LogP contribution is 2.12. The van der Waals surface area contributed by atoms with Crippen molar-refractivity contribution in [2.75, 3.05) is 6.54 Å². The van der Waals surface area contributed by atoms with E-state index in [2.05, 4.69) is 32.5 Å². The van der Waals surface area contributed by atoms with Gasteiger partial charge in [-0.2, -0.15) is 10.1 Å². The van der Waals surface area contributed by atoms with E-state index in [-0.39, 0.29) is 6.01 Å². The van der Waals surface area contributed by atoms with Crippen LogP contribution in [0.3, 0.4) is 0 Å². The molecular weight excluding hydrogens is 232 g/mol. The van der Waals surface area contributed by atoms with E-state index in [1.54, 1.807) is 24.1 Å². The summed E-state index contributed by atoms with van der Waals surface area (Å²) < 4.78 is 6.90. The molecule has 2 rings (SSSR count). The minimum atomic E-state index is 0.267. The molecule has 0 aromatic carbocycles. The van der Waals surface area contributed by atoms with Crippen molar-refractivity contribution >= 4 is 0 Å². The first-order chi connectivity index (χ1) is 8.78. The van der Waals surface area contributed by atoms with Gasteiger partial charge in [-0.1, -0.05) is 6.92 Å². The fourth-order valence-corrected chi connectivity index (χ4v) is 1.35. The number of aryl methyl sites for hydroxylation is 1. The molecule has 0 aliphatic heterocycles. The smallest absolute Gasteiger partial charge is 0.342 e. The zero-order valence-corrected chi connectivity index (χ0v) is 10.5. The lowest BCUT2D eigenvalue weighted by atomic mass is 10.3. The molecule has 18 heavy (non-hydrogen) atoms. The van der Waals surface area contributed by atoms with Gasteiger partial charge in [0.25, 0.3) is 0 Å². The number of hydrogen-bond acceptors (Lipinski definition) is 6. The Balaban J connectivity index is 1.91. The Kier molecular flexibility index (Phi) is 4.19. The average molecular weight is 248 g/mol. The van der Waals surface area contributed by atoms with Crippen molar-refractivity contribution in [2.24, 2.45) is 7.05 Å². The minimum Gasteiger partial charge on any atom is -0.402 e. The first-order valence-electron chi connectivity index (χ1n) is 5.84. The molecule has 0 radical (unpaired) electrons. The van der Waals surface area contributed by atoms with Crippen molar-refractivity contribution in [2.45, 2.75) is 19.9 Å². The highest BCUT2D eigenvalue weighted by Gasteiger charge is 2.04. The molecular formula is C11H16N6O. The average Bonchev–Trinajstić information content (AvgIpc) is 2.77. The van der Waals surface area contributed by atoms with E-state index in [0.717, 1.165) is 18.7 Å². The third-order valence-electron chi connectivity index (χ3n) is 2.20. The second-order valence-electron chi connectivity index (χ2n) is 3.84. The molecule has 1 N–H and O–H groups in total. The van der Waals surface area contributed by atoms with E-state index in [1.165, 1.54) is 0 Å². The van der Waals surface area contributed by atoms with Crippen LogP contribution < -0.4 is 10.1 Å². The second kappa shape index (κ2) is 6.06. The summed E-state index contributed by atoms with van der Waals surface area (Å²) in [7, 11) is 1.77. The molecule has 0 saturated heterocycles. The Labute approximate surface area is 105 Å². The van der Waals surface area contributed by atoms with Gasteiger partial charge in [0.15, 0.2) is 0 Å². The summed E-state index contributed by atoms with van der Waals surface area (Å²) >= 11 is 0. The van der Waals surface area contributed by atoms with Crippen LogP contribution in [0, 0.1) is 0 Å². The molecule has 2 heterocycles. The SMILES string of the molecule is CCCNCc1ccc(Oc2ncn(C)n2)nn1. The highest BCUT2D eigenvalue weighted by atomic mass is 16.5. The van der Waals surface area contributed by atoms with Crippen LogP contribution in [-0.4, -0.2) is 31.5 Å². The van der Waals surface area contributed by atoms with E-state index in [0.29, 0.717) is 12.4 Å². The molecule has 0 bridgehead atoms. The van der Waals surface area contributed by atoms with Crippen molar-refractivity contribution in [1.29, 1.82) is 0 Å². The van der Waals surface area contributed by atoms with Gasteiger partial charge in [0, 0.05) is 19.7 Å². The fourth-order valence-electron chi connectivity index (χ4n) is 1.35. The molecule has 0 unspecified atom stereocenters. The van der Waals surface area contributed by atoms with Crippen LogP contribution in [0.15, 0.2) is 18.5 Å². The van der Waals surface area contributed by atoms with E-state index in [4.69, 9.17) is 4.74 Å². The predicted molar refractivity (Wildman–Crippen MR) is 65.1 cm³/mol. The molecule has 96 valence electrons. The third kappa shape index (κ3) is 3.49. The van der Waals surface area contributed by atoms with Crippen LogP contribution in [0.1, 0.15) is 19.0 Å². The molecule has 2 aromatic heterocycles. The third-order valence-corrected chi connectivity index (χ3v) is 2.20. The maximum Gasteiger partial charge on any atom is 0.342 e. The van der Waals surface area contributed by atoms with Gasteiger partial charge >= 0.3 is 6.01 Å². The number of hydrogen-bond donors (Lipinski definition) is 1. The monoisotopic (exact) mass is 248 g/mol. The quantitative estimate of drug-likeness (QED) is 0.765. The largest absolute Gasteiger partial charge is 0.402 e. The van der Waals surface area contributed by atoms with Gasteiger partial charge in [0.2, 0.25) is 5.88 Å². The van der Waals surface area contributed by atoms with Crippen molar-refractivity contribution in [3.05, 3.63) is 24.2 Å². The topological polar surface area (TPSA) is 77.8 Å². The Morgan fingerprint density at radius 1 is 1.33 bits per heavy atom. The lowest BCUT2D eigenvalue weighted by molar-refractivity contribution is 0.415. The number of rotatable bonds is 6. The number of ether oxygens (including phenoxy) is 1. The zero-order valence-electron chi connectivity index (χ0n) is 10.5. The molecule has 0 spiro atoms. The summed E-state index contributed by atoms with van der Waals surface area (Å²) in [6.45, 7) is 3.80. The number of nitrogens with one attached hydrogen (secondary N) is 1. The predicted octanol–water partition coefficient (Wildman–Crippen LogP) is 0.897. The lowest BCUT2D eigenvalue weighted by Crippen LogP contribution is -2.15. The van der Waals surface area contributed by atoms with Crippen molar-refractivity contribution in [1.82, 2.24) is 30.3 Å². The molecule has 2 aromatic rings. The van der Waals surface area contributed by atoms with Gasteiger partial charge in [-0.25, -0.2) is 0 Å². The van der Waals surface area contributed by atoms with Gasteiger partial charge in [0.05, 0.1) is 5.69 Å². The Morgan fingerprint density at radius 2 is 2.22 bits per heavy atom. The molecule has 0 amide bonds. The van der Waals surface area contributed by atoms with Gasteiger partial charge in [-0.05, 0) is 19.0 Å². The summed E-state index contributed by atoms with van der Waals surface area (Å²) in [5.74, 6) is 0.389. The normalized spacial score (nSPS) is 10.6. The van der Waals surface area contributed by atoms with Crippen LogP contribution in [-0.2, 0) is 13.6 Å². The molecule has 0 aliphatic rings. The Morgan fingerprint density at radius 3 is 2.83 bits per heavy atom. The molecule has 0 saturated carbocycles. The van der Waals surface area contributed by atoms with Gasteiger partial charge in [-0.15, -0.1) is 10.2 Å². The Bertz CT molecular complexity index is 481. The molecule has 0 atom stereocenters. The Hall–Kier alpha value is -2.02. The van der Waals surface area contributed by atoms with E-state index in [1.807, 2.05) is 6.07 Å². The van der Waals surface area contributed by atoms with Crippen LogP contribution >= 0.6 is 0 Å². The van der Waals surface area contributed by atoms with Gasteiger partial charge < -0.3 is 10.1 Å². The number of nitrogens with zero attached hydrogens (tertiary/aromatic N) is 5. The van der Waals surface area contributed by atoms with Crippen LogP contribution in [0.4, 0.5) is 0 Å². The lowest BCUT2D eigenvalue weighted by Gasteiger charge is -2.02. The summed E-state index contributed by atoms with van der Waals surface area (Å²) in [5.41, 5.74) is 0.879. The molecule has 0 fully saturated rings. The van der Waals surface area contributed by atoms with Crippen molar-refractivity contribution < 1.29 is 4.74 Å². The molecule has 0 aliphatic carbocycles. The minimum absolute atomic E-state index is 0.267. The van der Waals surface area contributed by atoms with Crippen LogP contribution in [0.2, 0.25) is 0 Å². The maximum absolute atomic E-state index is 5.34. The maximum atomic E-state index is 5.34. The number of aromatic nitrogens is 5. The standard InChI is InChI=1S/C11H16N6O/c1-3-6-12-7-9-4-5-10(15-14-9)18-11-13-8-17(2)16-11/h4-5,8,12H,3,6-7H2,1-2H3. The summed E-state index contributed by atoms with van der Waals surface area (Å²) in [6, 6.07) is 3.89. The van der Waals surface area contributed by atoms with E-state index < -0.39 is 0 Å². The summed E-state index contributed by atoms with van der Waals surface area (Å²) in [5, 5.41) is 15.3. The zero-order chi connectivity index (χ0) is 12.8. The first kappa shape index (κ1) is 12.4. The van der Waals surface area contributed by atoms with Crippen LogP contribution in [0.5, 0.6) is 11.9 Å². The van der Waals surface area contributed by atoms with Crippen LogP contribution in [0.25, 0.3) is 0 Å². The highest BCUT2D eigenvalue weighted by molar-refractivity contribution is 5.14. The second-order valence-corrected chi connectivity index (χ2v) is 3.84. The summed E-state index contributed by atoms with van der Waals surface area (Å²) in [4.78, 5) is 3.94.